The number of carbonyl (C=O) groups excluding carboxylic acids is 1. The number of carbonyl (C=O) groups is 1. The van der Waals surface area contributed by atoms with Gasteiger partial charge in [-0.3, -0.25) is 4.79 Å². The van der Waals surface area contributed by atoms with E-state index in [4.69, 9.17) is 5.73 Å². The van der Waals surface area contributed by atoms with Crippen molar-refractivity contribution in [2.45, 2.75) is 51.2 Å². The molecule has 1 aliphatic carbocycles. The predicted molar refractivity (Wildman–Crippen MR) is 62.9 cm³/mol. The fourth-order valence-electron chi connectivity index (χ4n) is 2.44. The Hall–Kier alpha value is -0.780. The van der Waals surface area contributed by atoms with E-state index in [2.05, 4.69) is 0 Å². The van der Waals surface area contributed by atoms with Gasteiger partial charge in [-0.15, -0.1) is 0 Å². The van der Waals surface area contributed by atoms with Crippen molar-refractivity contribution in [2.75, 3.05) is 13.1 Å². The van der Waals surface area contributed by atoms with Crippen LogP contribution in [0.3, 0.4) is 0 Å². The number of hydrogen-bond donors (Lipinski definition) is 1. The molecular weight excluding hydrogens is 245 g/mol. The van der Waals surface area contributed by atoms with Crippen LogP contribution >= 0.6 is 0 Å². The molecule has 3 nitrogen and oxygen atoms in total. The Labute approximate surface area is 106 Å². The number of halogens is 3. The molecule has 0 spiro atoms. The standard InChI is InChI=1S/C12H21F3N2O/c1-2-17(8-12(13,14)15)11(18)7-9-5-3-4-6-10(9)16/h9-10H,2-8,16H2,1H3. The number of nitrogens with zero attached hydrogens (tertiary/aromatic N) is 1. The first-order valence-electron chi connectivity index (χ1n) is 6.43. The number of alkyl halides is 3. The van der Waals surface area contributed by atoms with E-state index >= 15 is 0 Å². The van der Waals surface area contributed by atoms with E-state index < -0.39 is 18.6 Å². The highest BCUT2D eigenvalue weighted by atomic mass is 19.4. The van der Waals surface area contributed by atoms with Gasteiger partial charge in [-0.2, -0.15) is 13.2 Å². The molecule has 1 amide bonds. The summed E-state index contributed by atoms with van der Waals surface area (Å²) < 4.78 is 36.9. The maximum Gasteiger partial charge on any atom is 0.406 e. The fourth-order valence-corrected chi connectivity index (χ4v) is 2.44. The van der Waals surface area contributed by atoms with Crippen LogP contribution in [0.4, 0.5) is 13.2 Å². The first-order valence-corrected chi connectivity index (χ1v) is 6.43. The Bertz CT molecular complexity index is 281. The maximum absolute atomic E-state index is 12.3. The lowest BCUT2D eigenvalue weighted by molar-refractivity contribution is -0.161. The van der Waals surface area contributed by atoms with E-state index in [0.717, 1.165) is 30.6 Å². The molecule has 0 aromatic carbocycles. The van der Waals surface area contributed by atoms with Crippen LogP contribution in [0.25, 0.3) is 0 Å². The lowest BCUT2D eigenvalue weighted by atomic mass is 9.83. The topological polar surface area (TPSA) is 46.3 Å². The molecule has 1 rings (SSSR count). The summed E-state index contributed by atoms with van der Waals surface area (Å²) in [6.45, 7) is 0.481. The molecule has 0 saturated heterocycles. The van der Waals surface area contributed by atoms with Crippen LogP contribution in [0.5, 0.6) is 0 Å². The highest BCUT2D eigenvalue weighted by molar-refractivity contribution is 5.76. The van der Waals surface area contributed by atoms with Crippen LogP contribution in [0, 0.1) is 5.92 Å². The molecule has 2 unspecified atom stereocenters. The molecule has 1 saturated carbocycles. The lowest BCUT2D eigenvalue weighted by Crippen LogP contribution is -2.42. The average Bonchev–Trinajstić information content (AvgIpc) is 2.27. The third-order valence-corrected chi connectivity index (χ3v) is 3.51. The second kappa shape index (κ2) is 6.41. The molecule has 6 heteroatoms. The molecule has 2 atom stereocenters. The Balaban J connectivity index is 2.51. The summed E-state index contributed by atoms with van der Waals surface area (Å²) in [5, 5.41) is 0. The summed E-state index contributed by atoms with van der Waals surface area (Å²) >= 11 is 0. The molecule has 0 aromatic heterocycles. The highest BCUT2D eigenvalue weighted by Gasteiger charge is 2.33. The molecule has 0 aromatic rings. The van der Waals surface area contributed by atoms with Crippen LogP contribution in [0.15, 0.2) is 0 Å². The quantitative estimate of drug-likeness (QED) is 0.848. The predicted octanol–water partition coefficient (Wildman–Crippen LogP) is 2.30. The van der Waals surface area contributed by atoms with Gasteiger partial charge >= 0.3 is 6.18 Å². The summed E-state index contributed by atoms with van der Waals surface area (Å²) in [5.74, 6) is -0.397. The molecular formula is C12H21F3N2O. The first kappa shape index (κ1) is 15.3. The van der Waals surface area contributed by atoms with Crippen LogP contribution in [0.2, 0.25) is 0 Å². The van der Waals surface area contributed by atoms with Crippen molar-refractivity contribution in [1.29, 1.82) is 0 Å². The first-order chi connectivity index (χ1) is 8.33. The fraction of sp³-hybridized carbons (Fsp3) is 0.917. The maximum atomic E-state index is 12.3. The van der Waals surface area contributed by atoms with Crippen LogP contribution in [-0.4, -0.2) is 36.1 Å². The van der Waals surface area contributed by atoms with E-state index in [1.165, 1.54) is 0 Å². The summed E-state index contributed by atoms with van der Waals surface area (Å²) in [6.07, 6.45) is -0.422. The van der Waals surface area contributed by atoms with Crippen molar-refractivity contribution in [2.24, 2.45) is 11.7 Å². The Morgan fingerprint density at radius 3 is 2.44 bits per heavy atom. The average molecular weight is 266 g/mol. The van der Waals surface area contributed by atoms with Gasteiger partial charge in [-0.1, -0.05) is 12.8 Å². The van der Waals surface area contributed by atoms with Crippen LogP contribution < -0.4 is 5.73 Å². The number of amides is 1. The van der Waals surface area contributed by atoms with Crippen molar-refractivity contribution in [1.82, 2.24) is 4.90 Å². The summed E-state index contributed by atoms with van der Waals surface area (Å²) in [5.41, 5.74) is 5.90. The minimum atomic E-state index is -4.33. The van der Waals surface area contributed by atoms with Gasteiger partial charge in [-0.25, -0.2) is 0 Å². The van der Waals surface area contributed by atoms with Gasteiger partial charge in [0.1, 0.15) is 6.54 Å². The number of nitrogens with two attached hydrogens (primary N) is 1. The molecule has 0 heterocycles. The van der Waals surface area contributed by atoms with Gasteiger partial charge in [-0.05, 0) is 25.7 Å². The molecule has 0 aliphatic heterocycles. The third kappa shape index (κ3) is 4.84. The Morgan fingerprint density at radius 2 is 1.94 bits per heavy atom. The minimum Gasteiger partial charge on any atom is -0.334 e. The molecule has 1 fully saturated rings. The molecule has 18 heavy (non-hydrogen) atoms. The highest BCUT2D eigenvalue weighted by Crippen LogP contribution is 2.27. The van der Waals surface area contributed by atoms with E-state index in [-0.39, 0.29) is 24.9 Å². The summed E-state index contributed by atoms with van der Waals surface area (Å²) in [6, 6.07) is -0.0488. The van der Waals surface area contributed by atoms with Gasteiger partial charge in [0.15, 0.2) is 0 Å². The van der Waals surface area contributed by atoms with Crippen LogP contribution in [-0.2, 0) is 4.79 Å². The lowest BCUT2D eigenvalue weighted by Gasteiger charge is -2.30. The van der Waals surface area contributed by atoms with E-state index in [0.29, 0.717) is 0 Å². The zero-order valence-corrected chi connectivity index (χ0v) is 10.7. The zero-order chi connectivity index (χ0) is 13.8. The second-order valence-corrected chi connectivity index (χ2v) is 4.94. The van der Waals surface area contributed by atoms with Gasteiger partial charge in [0.25, 0.3) is 0 Å². The monoisotopic (exact) mass is 266 g/mol. The molecule has 0 radical (unpaired) electrons. The normalized spacial score (nSPS) is 24.9. The van der Waals surface area contributed by atoms with Gasteiger partial charge in [0.05, 0.1) is 0 Å². The SMILES string of the molecule is CCN(CC(F)(F)F)C(=O)CC1CCCCC1N. The Kier molecular flexibility index (Phi) is 5.44. The van der Waals surface area contributed by atoms with E-state index in [1.54, 1.807) is 6.92 Å². The van der Waals surface area contributed by atoms with Crippen molar-refractivity contribution in [3.8, 4) is 0 Å². The molecule has 1 aliphatic rings. The largest absolute Gasteiger partial charge is 0.406 e. The van der Waals surface area contributed by atoms with Gasteiger partial charge < -0.3 is 10.6 Å². The van der Waals surface area contributed by atoms with Gasteiger partial charge in [0.2, 0.25) is 5.91 Å². The van der Waals surface area contributed by atoms with Crippen molar-refractivity contribution < 1.29 is 18.0 Å². The molecule has 0 bridgehead atoms. The molecule has 2 N–H and O–H groups in total. The number of rotatable bonds is 4. The van der Waals surface area contributed by atoms with Crippen molar-refractivity contribution >= 4 is 5.91 Å². The Morgan fingerprint density at radius 1 is 1.33 bits per heavy atom. The van der Waals surface area contributed by atoms with E-state index in [9.17, 15) is 18.0 Å². The molecule has 106 valence electrons. The minimum absolute atomic E-state index is 0.0357. The smallest absolute Gasteiger partial charge is 0.334 e. The van der Waals surface area contributed by atoms with Crippen LogP contribution in [0.1, 0.15) is 39.0 Å². The zero-order valence-electron chi connectivity index (χ0n) is 10.7. The second-order valence-electron chi connectivity index (χ2n) is 4.94. The van der Waals surface area contributed by atoms with Crippen molar-refractivity contribution in [3.63, 3.8) is 0 Å². The summed E-state index contributed by atoms with van der Waals surface area (Å²) in [4.78, 5) is 12.7. The van der Waals surface area contributed by atoms with Gasteiger partial charge in [0, 0.05) is 19.0 Å². The van der Waals surface area contributed by atoms with Crippen molar-refractivity contribution in [3.05, 3.63) is 0 Å². The summed E-state index contributed by atoms with van der Waals surface area (Å²) in [7, 11) is 0. The third-order valence-electron chi connectivity index (χ3n) is 3.51. The van der Waals surface area contributed by atoms with E-state index in [1.807, 2.05) is 0 Å². The number of hydrogen-bond acceptors (Lipinski definition) is 2.